The second-order valence-electron chi connectivity index (χ2n) is 5.07. The summed E-state index contributed by atoms with van der Waals surface area (Å²) in [5.74, 6) is -1.13. The Balaban J connectivity index is 1.90. The summed E-state index contributed by atoms with van der Waals surface area (Å²) in [5, 5.41) is 17.5. The zero-order valence-corrected chi connectivity index (χ0v) is 15.7. The molecule has 140 valence electrons. The summed E-state index contributed by atoms with van der Waals surface area (Å²) >= 11 is 17.5. The van der Waals surface area contributed by atoms with Gasteiger partial charge in [0, 0.05) is 28.3 Å². The number of hydrogen-bond donors (Lipinski definition) is 2. The third-order valence-electron chi connectivity index (χ3n) is 3.17. The summed E-state index contributed by atoms with van der Waals surface area (Å²) in [6.45, 7) is -0.348. The first kappa shape index (κ1) is 20.6. The Morgan fingerprint density at radius 2 is 1.78 bits per heavy atom. The number of nitro benzene ring substituents is 1. The highest BCUT2D eigenvalue weighted by Crippen LogP contribution is 2.22. The van der Waals surface area contributed by atoms with Crippen LogP contribution in [0.5, 0.6) is 0 Å². The van der Waals surface area contributed by atoms with Crippen LogP contribution in [-0.4, -0.2) is 29.5 Å². The molecule has 2 amide bonds. The van der Waals surface area contributed by atoms with E-state index in [9.17, 15) is 19.7 Å². The first-order chi connectivity index (χ1) is 12.8. The SMILES string of the molecule is O=C(CNC(=O)c1ccc(Cl)c(Cl)c1)N/N=C\c1cc([N+](=O)[O-])ccc1Cl. The predicted molar refractivity (Wildman–Crippen MR) is 103 cm³/mol. The van der Waals surface area contributed by atoms with E-state index < -0.39 is 16.7 Å². The van der Waals surface area contributed by atoms with Gasteiger partial charge in [-0.15, -0.1) is 0 Å². The van der Waals surface area contributed by atoms with E-state index in [1.165, 1.54) is 36.4 Å². The fourth-order valence-electron chi connectivity index (χ4n) is 1.86. The molecule has 8 nitrogen and oxygen atoms in total. The summed E-state index contributed by atoms with van der Waals surface area (Å²) in [6, 6.07) is 8.11. The van der Waals surface area contributed by atoms with Gasteiger partial charge in [-0.25, -0.2) is 5.43 Å². The van der Waals surface area contributed by atoms with Crippen molar-refractivity contribution in [2.75, 3.05) is 6.54 Å². The molecule has 2 N–H and O–H groups in total. The van der Waals surface area contributed by atoms with Crippen molar-refractivity contribution in [1.82, 2.24) is 10.7 Å². The topological polar surface area (TPSA) is 114 Å². The fourth-order valence-corrected chi connectivity index (χ4v) is 2.32. The van der Waals surface area contributed by atoms with E-state index >= 15 is 0 Å². The second-order valence-corrected chi connectivity index (χ2v) is 6.29. The van der Waals surface area contributed by atoms with Crippen molar-refractivity contribution in [2.24, 2.45) is 5.10 Å². The molecule has 0 bridgehead atoms. The van der Waals surface area contributed by atoms with E-state index in [0.29, 0.717) is 5.02 Å². The van der Waals surface area contributed by atoms with Crippen LogP contribution in [0.3, 0.4) is 0 Å². The minimum atomic E-state index is -0.610. The quantitative estimate of drug-likeness (QED) is 0.416. The van der Waals surface area contributed by atoms with Crippen molar-refractivity contribution in [3.8, 4) is 0 Å². The molecule has 27 heavy (non-hydrogen) atoms. The monoisotopic (exact) mass is 428 g/mol. The fraction of sp³-hybridized carbons (Fsp3) is 0.0625. The van der Waals surface area contributed by atoms with Crippen LogP contribution < -0.4 is 10.7 Å². The van der Waals surface area contributed by atoms with E-state index in [-0.39, 0.29) is 33.4 Å². The molecular formula is C16H11Cl3N4O4. The molecule has 0 atom stereocenters. The van der Waals surface area contributed by atoms with Gasteiger partial charge in [-0.05, 0) is 24.3 Å². The number of amides is 2. The number of nitro groups is 1. The third kappa shape index (κ3) is 5.92. The molecule has 0 saturated heterocycles. The minimum Gasteiger partial charge on any atom is -0.343 e. The molecule has 2 aromatic carbocycles. The maximum absolute atomic E-state index is 11.9. The highest BCUT2D eigenvalue weighted by atomic mass is 35.5. The van der Waals surface area contributed by atoms with Crippen molar-refractivity contribution >= 4 is 58.5 Å². The maximum Gasteiger partial charge on any atom is 0.270 e. The number of halogens is 3. The van der Waals surface area contributed by atoms with Gasteiger partial charge >= 0.3 is 0 Å². The van der Waals surface area contributed by atoms with Gasteiger partial charge in [0.1, 0.15) is 0 Å². The molecule has 0 saturated carbocycles. The molecule has 0 heterocycles. The largest absolute Gasteiger partial charge is 0.343 e. The average molecular weight is 430 g/mol. The summed E-state index contributed by atoms with van der Waals surface area (Å²) in [6.07, 6.45) is 1.16. The van der Waals surface area contributed by atoms with Gasteiger partial charge in [-0.1, -0.05) is 34.8 Å². The molecule has 2 rings (SSSR count). The van der Waals surface area contributed by atoms with Crippen LogP contribution in [0.1, 0.15) is 15.9 Å². The Morgan fingerprint density at radius 3 is 2.44 bits per heavy atom. The van der Waals surface area contributed by atoms with Crippen LogP contribution in [0, 0.1) is 10.1 Å². The first-order valence-corrected chi connectivity index (χ1v) is 8.40. The van der Waals surface area contributed by atoms with Crippen LogP contribution >= 0.6 is 34.8 Å². The molecule has 0 aromatic heterocycles. The van der Waals surface area contributed by atoms with Crippen LogP contribution in [0.15, 0.2) is 41.5 Å². The Morgan fingerprint density at radius 1 is 1.07 bits per heavy atom. The number of rotatable bonds is 6. The van der Waals surface area contributed by atoms with Crippen molar-refractivity contribution in [1.29, 1.82) is 0 Å². The molecule has 0 aliphatic heterocycles. The van der Waals surface area contributed by atoms with E-state index in [2.05, 4.69) is 15.8 Å². The Kier molecular flexibility index (Phi) is 7.12. The normalized spacial score (nSPS) is 10.6. The maximum atomic E-state index is 11.9. The van der Waals surface area contributed by atoms with E-state index in [0.717, 1.165) is 6.21 Å². The summed E-state index contributed by atoms with van der Waals surface area (Å²) in [5.41, 5.74) is 2.50. The van der Waals surface area contributed by atoms with E-state index in [1.54, 1.807) is 0 Å². The van der Waals surface area contributed by atoms with Crippen LogP contribution in [0.4, 0.5) is 5.69 Å². The smallest absolute Gasteiger partial charge is 0.270 e. The van der Waals surface area contributed by atoms with Crippen LogP contribution in [0.25, 0.3) is 0 Å². The summed E-state index contributed by atoms with van der Waals surface area (Å²) in [4.78, 5) is 33.8. The summed E-state index contributed by atoms with van der Waals surface area (Å²) in [7, 11) is 0. The zero-order valence-electron chi connectivity index (χ0n) is 13.4. The highest BCUT2D eigenvalue weighted by Gasteiger charge is 2.10. The first-order valence-electron chi connectivity index (χ1n) is 7.27. The van der Waals surface area contributed by atoms with Crippen LogP contribution in [-0.2, 0) is 4.79 Å². The number of hydrazone groups is 1. The van der Waals surface area contributed by atoms with Gasteiger partial charge in [-0.2, -0.15) is 5.10 Å². The molecule has 0 fully saturated rings. The number of hydrogen-bond acceptors (Lipinski definition) is 5. The van der Waals surface area contributed by atoms with Crippen molar-refractivity contribution in [3.63, 3.8) is 0 Å². The van der Waals surface area contributed by atoms with E-state index in [4.69, 9.17) is 34.8 Å². The van der Waals surface area contributed by atoms with Gasteiger partial charge in [0.25, 0.3) is 17.5 Å². The molecule has 0 aliphatic carbocycles. The Bertz CT molecular complexity index is 934. The minimum absolute atomic E-state index is 0.166. The van der Waals surface area contributed by atoms with Gasteiger partial charge in [0.2, 0.25) is 0 Å². The van der Waals surface area contributed by atoms with Gasteiger partial charge in [0.15, 0.2) is 0 Å². The van der Waals surface area contributed by atoms with Crippen molar-refractivity contribution < 1.29 is 14.5 Å². The second kappa shape index (κ2) is 9.31. The average Bonchev–Trinajstić information content (AvgIpc) is 2.63. The third-order valence-corrected chi connectivity index (χ3v) is 4.26. The number of carbonyl (C=O) groups excluding carboxylic acids is 2. The number of nitrogens with one attached hydrogen (secondary N) is 2. The Hall–Kier alpha value is -2.68. The number of benzene rings is 2. The summed E-state index contributed by atoms with van der Waals surface area (Å²) < 4.78 is 0. The zero-order chi connectivity index (χ0) is 20.0. The molecule has 0 radical (unpaired) electrons. The van der Waals surface area contributed by atoms with E-state index in [1.807, 2.05) is 0 Å². The lowest BCUT2D eigenvalue weighted by Gasteiger charge is -2.05. The molecular weight excluding hydrogens is 419 g/mol. The number of carbonyl (C=O) groups is 2. The standard InChI is InChI=1S/C16H11Cl3N4O4/c17-12-4-2-11(23(26)27)5-10(12)7-21-22-15(24)8-20-16(25)9-1-3-13(18)14(19)6-9/h1-7H,8H2,(H,20,25)(H,22,24)/b21-7-. The molecule has 11 heteroatoms. The van der Waals surface area contributed by atoms with Gasteiger partial charge in [0.05, 0.1) is 27.7 Å². The number of non-ortho nitro benzene ring substituents is 1. The highest BCUT2D eigenvalue weighted by molar-refractivity contribution is 6.42. The molecule has 0 aliphatic rings. The van der Waals surface area contributed by atoms with Gasteiger partial charge in [-0.3, -0.25) is 19.7 Å². The number of nitrogens with zero attached hydrogens (tertiary/aromatic N) is 2. The molecule has 0 spiro atoms. The lowest BCUT2D eigenvalue weighted by molar-refractivity contribution is -0.384. The van der Waals surface area contributed by atoms with Crippen LogP contribution in [0.2, 0.25) is 15.1 Å². The van der Waals surface area contributed by atoms with Crippen molar-refractivity contribution in [2.45, 2.75) is 0 Å². The predicted octanol–water partition coefficient (Wildman–Crippen LogP) is 3.44. The van der Waals surface area contributed by atoms with Gasteiger partial charge < -0.3 is 5.32 Å². The lowest BCUT2D eigenvalue weighted by atomic mass is 10.2. The Labute approximate surface area is 168 Å². The molecule has 2 aromatic rings. The molecule has 0 unspecified atom stereocenters. The van der Waals surface area contributed by atoms with Crippen molar-refractivity contribution in [3.05, 3.63) is 72.7 Å². The lowest BCUT2D eigenvalue weighted by Crippen LogP contribution is -2.34.